The normalized spacial score (nSPS) is 13.4. The Labute approximate surface area is 303 Å². The van der Waals surface area contributed by atoms with Gasteiger partial charge < -0.3 is 5.53 Å². The molecule has 2 heteroatoms. The number of aryl methyl sites for hydroxylation is 4. The number of allylic oxidation sites excluding steroid dienone is 2. The van der Waals surface area contributed by atoms with Crippen LogP contribution in [0.25, 0.3) is 16.9 Å². The van der Waals surface area contributed by atoms with Crippen LogP contribution in [-0.2, 0) is 25.7 Å². The van der Waals surface area contributed by atoms with Crippen LogP contribution in [0.15, 0.2) is 47.5 Å². The number of benzene rings is 2. The Hall–Kier alpha value is -2.48. The van der Waals surface area contributed by atoms with Gasteiger partial charge >= 0.3 is 0 Å². The van der Waals surface area contributed by atoms with Crippen LogP contribution in [0, 0.1) is 0 Å². The predicted octanol–water partition coefficient (Wildman–Crippen LogP) is 15.3. The fraction of sp³-hybridized carbons (Fsp3) is 0.660. The maximum atomic E-state index is 12.4. The minimum Gasteiger partial charge on any atom is -0.493 e. The molecule has 0 fully saturated rings. The molecular formula is C47H74N2. The predicted molar refractivity (Wildman–Crippen MR) is 216 cm³/mol. The average Bonchev–Trinajstić information content (AvgIpc) is 3.38. The van der Waals surface area contributed by atoms with Gasteiger partial charge in [-0.25, -0.2) is 4.70 Å². The molecule has 0 N–H and O–H groups in total. The van der Waals surface area contributed by atoms with E-state index in [0.29, 0.717) is 0 Å². The molecule has 0 radical (unpaired) electrons. The van der Waals surface area contributed by atoms with Gasteiger partial charge in [0.25, 0.3) is 0 Å². The summed E-state index contributed by atoms with van der Waals surface area (Å²) in [5, 5.41) is 0. The van der Waals surface area contributed by atoms with Crippen molar-refractivity contribution in [3.8, 4) is 0 Å². The molecule has 0 spiro atoms. The van der Waals surface area contributed by atoms with Crippen molar-refractivity contribution in [2.45, 2.75) is 202 Å². The maximum Gasteiger partial charge on any atom is 0.211 e. The van der Waals surface area contributed by atoms with Crippen molar-refractivity contribution >= 4 is 11.4 Å². The topological polar surface area (TPSA) is 25.3 Å². The first-order chi connectivity index (χ1) is 24.0. The van der Waals surface area contributed by atoms with Crippen molar-refractivity contribution in [2.75, 3.05) is 0 Å². The molecule has 2 aromatic rings. The van der Waals surface area contributed by atoms with Gasteiger partial charge in [0.05, 0.1) is 0 Å². The third-order valence-corrected chi connectivity index (χ3v) is 10.6. The van der Waals surface area contributed by atoms with E-state index in [1.807, 2.05) is 0 Å². The van der Waals surface area contributed by atoms with Crippen molar-refractivity contribution in [2.24, 2.45) is 0 Å². The molecule has 3 rings (SSSR count). The highest BCUT2D eigenvalue weighted by atomic mass is 15.2. The first kappa shape index (κ1) is 40.9. The molecule has 0 saturated carbocycles. The lowest BCUT2D eigenvalue weighted by molar-refractivity contribution is -0.345. The molecule has 1 aliphatic heterocycles. The lowest BCUT2D eigenvalue weighted by Gasteiger charge is -2.15. The van der Waals surface area contributed by atoms with Crippen molar-refractivity contribution in [3.63, 3.8) is 0 Å². The second kappa shape index (κ2) is 23.8. The Morgan fingerprint density at radius 1 is 0.347 bits per heavy atom. The van der Waals surface area contributed by atoms with Crippen LogP contribution < -0.4 is 0 Å². The summed E-state index contributed by atoms with van der Waals surface area (Å²) in [6, 6.07) is 14.6. The van der Waals surface area contributed by atoms with E-state index >= 15 is 0 Å². The third kappa shape index (κ3) is 13.3. The molecule has 0 unspecified atom stereocenters. The molecule has 49 heavy (non-hydrogen) atoms. The minimum atomic E-state index is 1.00. The van der Waals surface area contributed by atoms with Gasteiger partial charge in [0.15, 0.2) is 0 Å². The standard InChI is InChI=1S/C47H74N2/c1-7-13-18-20-22-24-29-40-33-41(30-25-23-21-19-14-8-2)37-43(36-40)47-45(31-17-11-5)44(26-12-6)46(49(47)48)42-34-38(27-15-9-3)32-39(35-42)28-16-10-4/h32-37H,7-31H2,1-6H3. The van der Waals surface area contributed by atoms with Crippen LogP contribution >= 0.6 is 0 Å². The largest absolute Gasteiger partial charge is 0.493 e. The van der Waals surface area contributed by atoms with Crippen molar-refractivity contribution in [1.82, 2.24) is 0 Å². The quantitative estimate of drug-likeness (QED) is 0.0670. The lowest BCUT2D eigenvalue weighted by Crippen LogP contribution is -2.05. The van der Waals surface area contributed by atoms with Crippen LogP contribution in [0.5, 0.6) is 0 Å². The summed E-state index contributed by atoms with van der Waals surface area (Å²) in [4.78, 5) is 0. The summed E-state index contributed by atoms with van der Waals surface area (Å²) < 4.78 is 1.65. The van der Waals surface area contributed by atoms with E-state index in [-0.39, 0.29) is 0 Å². The van der Waals surface area contributed by atoms with Crippen LogP contribution in [0.1, 0.15) is 210 Å². The molecule has 0 bridgehead atoms. The van der Waals surface area contributed by atoms with Crippen LogP contribution in [0.3, 0.4) is 0 Å². The molecule has 0 amide bonds. The van der Waals surface area contributed by atoms with Crippen molar-refractivity contribution < 1.29 is 4.70 Å². The van der Waals surface area contributed by atoms with Crippen molar-refractivity contribution in [3.05, 3.63) is 86.5 Å². The molecule has 0 aromatic heterocycles. The Morgan fingerprint density at radius 3 is 1.06 bits per heavy atom. The zero-order valence-corrected chi connectivity index (χ0v) is 33.0. The van der Waals surface area contributed by atoms with E-state index in [1.165, 1.54) is 147 Å². The molecule has 1 aliphatic rings. The summed E-state index contributed by atoms with van der Waals surface area (Å²) in [6.45, 7) is 13.8. The van der Waals surface area contributed by atoms with Crippen LogP contribution in [0.2, 0.25) is 0 Å². The second-order valence-corrected chi connectivity index (χ2v) is 15.1. The minimum absolute atomic E-state index is 1.00. The second-order valence-electron chi connectivity index (χ2n) is 15.1. The van der Waals surface area contributed by atoms with E-state index in [1.54, 1.807) is 4.70 Å². The summed E-state index contributed by atoms with van der Waals surface area (Å²) >= 11 is 0. The Bertz CT molecular complexity index is 1270. The van der Waals surface area contributed by atoms with Gasteiger partial charge in [-0.15, -0.1) is 0 Å². The lowest BCUT2D eigenvalue weighted by atomic mass is 9.90. The summed E-state index contributed by atoms with van der Waals surface area (Å²) in [5.41, 5.74) is 25.5. The maximum absolute atomic E-state index is 12.4. The van der Waals surface area contributed by atoms with E-state index in [4.69, 9.17) is 0 Å². The van der Waals surface area contributed by atoms with E-state index in [0.717, 1.165) is 69.2 Å². The summed E-state index contributed by atoms with van der Waals surface area (Å²) in [5.74, 6) is 0. The van der Waals surface area contributed by atoms with Gasteiger partial charge in [-0.2, -0.15) is 0 Å². The smallest absolute Gasteiger partial charge is 0.211 e. The SMILES string of the molecule is CCCCCCCCc1cc(CCCCCCCC)cc(C2=C(CCCC)C(CCC)=C(c3cc(CCCC)cc(CCCC)c3)[N+]2=[N-])c1. The van der Waals surface area contributed by atoms with Gasteiger partial charge in [-0.3, -0.25) is 0 Å². The molecule has 272 valence electrons. The highest BCUT2D eigenvalue weighted by molar-refractivity contribution is 5.82. The fourth-order valence-corrected chi connectivity index (χ4v) is 7.75. The van der Waals surface area contributed by atoms with Gasteiger partial charge in [-0.05, 0) is 117 Å². The number of unbranched alkanes of at least 4 members (excludes halogenated alkanes) is 13. The van der Waals surface area contributed by atoms with E-state index < -0.39 is 0 Å². The first-order valence-electron chi connectivity index (χ1n) is 21.2. The number of nitrogens with zero attached hydrogens (tertiary/aromatic N) is 2. The van der Waals surface area contributed by atoms with Crippen LogP contribution in [0.4, 0.5) is 0 Å². The van der Waals surface area contributed by atoms with E-state index in [2.05, 4.69) is 77.9 Å². The monoisotopic (exact) mass is 667 g/mol. The molecule has 0 atom stereocenters. The number of hydrogen-bond donors (Lipinski definition) is 0. The highest BCUT2D eigenvalue weighted by Crippen LogP contribution is 2.45. The van der Waals surface area contributed by atoms with Crippen LogP contribution in [-0.4, -0.2) is 4.70 Å². The zero-order valence-electron chi connectivity index (χ0n) is 33.0. The zero-order chi connectivity index (χ0) is 35.3. The first-order valence-corrected chi connectivity index (χ1v) is 21.2. The Morgan fingerprint density at radius 2 is 0.673 bits per heavy atom. The number of rotatable bonds is 27. The Kier molecular flexibility index (Phi) is 19.9. The van der Waals surface area contributed by atoms with Crippen molar-refractivity contribution in [1.29, 1.82) is 0 Å². The average molecular weight is 667 g/mol. The highest BCUT2D eigenvalue weighted by Gasteiger charge is 2.35. The van der Waals surface area contributed by atoms with Gasteiger partial charge in [0, 0.05) is 22.3 Å². The van der Waals surface area contributed by atoms with Gasteiger partial charge in [0.1, 0.15) is 0 Å². The summed E-state index contributed by atoms with van der Waals surface area (Å²) in [6.07, 6.45) is 30.6. The molecule has 0 saturated heterocycles. The molecule has 0 aliphatic carbocycles. The number of hydrogen-bond acceptors (Lipinski definition) is 0. The Balaban J connectivity index is 2.07. The molecule has 1 heterocycles. The third-order valence-electron chi connectivity index (χ3n) is 10.6. The fourth-order valence-electron chi connectivity index (χ4n) is 7.75. The molecule has 2 nitrogen and oxygen atoms in total. The van der Waals surface area contributed by atoms with Gasteiger partial charge in [0.2, 0.25) is 11.4 Å². The summed E-state index contributed by atoms with van der Waals surface area (Å²) in [7, 11) is 0. The molecular weight excluding hydrogens is 593 g/mol. The van der Waals surface area contributed by atoms with E-state index in [9.17, 15) is 5.53 Å². The molecule has 2 aromatic carbocycles. The van der Waals surface area contributed by atoms with Gasteiger partial charge in [-0.1, -0.05) is 144 Å².